The van der Waals surface area contributed by atoms with Crippen molar-refractivity contribution in [2.24, 2.45) is 0 Å². The van der Waals surface area contributed by atoms with Crippen molar-refractivity contribution in [3.8, 4) is 17.2 Å². The molecule has 0 bridgehead atoms. The molecule has 0 amide bonds. The fraction of sp³-hybridized carbons (Fsp3) is 0. The summed E-state index contributed by atoms with van der Waals surface area (Å²) in [7, 11) is 0. The van der Waals surface area contributed by atoms with Crippen molar-refractivity contribution in [1.29, 1.82) is 0 Å². The molecule has 0 saturated heterocycles. The van der Waals surface area contributed by atoms with Crippen LogP contribution in [0.5, 0.6) is 17.2 Å². The maximum atomic E-state index is 8.71. The van der Waals surface area contributed by atoms with Crippen molar-refractivity contribution in [2.75, 3.05) is 11.5 Å². The highest BCUT2D eigenvalue weighted by Gasteiger charge is 2.01. The van der Waals surface area contributed by atoms with Crippen LogP contribution in [0, 0.1) is 0 Å². The van der Waals surface area contributed by atoms with Gasteiger partial charge < -0.3 is 26.8 Å². The molecule has 5 heteroatoms. The Labute approximate surface area is 121 Å². The van der Waals surface area contributed by atoms with Crippen LogP contribution in [0.25, 0.3) is 10.8 Å². The van der Waals surface area contributed by atoms with Crippen LogP contribution >= 0.6 is 0 Å². The summed E-state index contributed by atoms with van der Waals surface area (Å²) in [5.74, 6) is -1.09. The molecule has 0 aliphatic heterocycles. The fourth-order valence-corrected chi connectivity index (χ4v) is 1.92. The van der Waals surface area contributed by atoms with E-state index in [0.29, 0.717) is 0 Å². The molecule has 0 fully saturated rings. The molecule has 0 heterocycles. The van der Waals surface area contributed by atoms with Crippen LogP contribution in [-0.4, -0.2) is 15.3 Å². The third kappa shape index (κ3) is 3.09. The topological polar surface area (TPSA) is 113 Å². The van der Waals surface area contributed by atoms with E-state index in [1.165, 1.54) is 18.2 Å². The molecule has 0 radical (unpaired) electrons. The predicted molar refractivity (Wildman–Crippen MR) is 84.2 cm³/mol. The lowest BCUT2D eigenvalue weighted by molar-refractivity contribution is 0.368. The quantitative estimate of drug-likeness (QED) is 0.322. The smallest absolute Gasteiger partial charge is 0.200 e. The number of para-hydroxylation sites is 1. The Morgan fingerprint density at radius 1 is 0.619 bits per heavy atom. The van der Waals surface area contributed by atoms with Crippen molar-refractivity contribution in [2.45, 2.75) is 0 Å². The van der Waals surface area contributed by atoms with Gasteiger partial charge in [-0.1, -0.05) is 30.3 Å². The van der Waals surface area contributed by atoms with Crippen molar-refractivity contribution in [3.05, 3.63) is 54.6 Å². The summed E-state index contributed by atoms with van der Waals surface area (Å²) >= 11 is 0. The monoisotopic (exact) mass is 284 g/mol. The van der Waals surface area contributed by atoms with E-state index >= 15 is 0 Å². The van der Waals surface area contributed by atoms with Crippen molar-refractivity contribution >= 4 is 22.1 Å². The molecule has 108 valence electrons. The molecule has 5 nitrogen and oxygen atoms in total. The summed E-state index contributed by atoms with van der Waals surface area (Å²) in [4.78, 5) is 0. The molecule has 0 atom stereocenters. The van der Waals surface area contributed by atoms with Crippen molar-refractivity contribution in [3.63, 3.8) is 0 Å². The number of nitrogens with two attached hydrogens (primary N) is 2. The number of phenols is 3. The second-order valence-corrected chi connectivity index (χ2v) is 4.44. The van der Waals surface area contributed by atoms with E-state index in [1.54, 1.807) is 0 Å². The number of anilines is 2. The van der Waals surface area contributed by atoms with E-state index < -0.39 is 5.75 Å². The van der Waals surface area contributed by atoms with Gasteiger partial charge in [-0.15, -0.1) is 0 Å². The highest BCUT2D eigenvalue weighted by Crippen LogP contribution is 2.32. The Kier molecular flexibility index (Phi) is 4.04. The molecule has 0 saturated carbocycles. The standard InChI is InChI=1S/C10H10N2.C6H6O3/c11-8-5-1-3-7-4-2-6-9(12)10(7)8;7-4-2-1-3-5(8)6(4)9/h1-6H,11-12H2;1-3,7-9H. The zero-order valence-electron chi connectivity index (χ0n) is 11.2. The van der Waals surface area contributed by atoms with Gasteiger partial charge in [-0.05, 0) is 29.7 Å². The van der Waals surface area contributed by atoms with Gasteiger partial charge in [0.15, 0.2) is 17.2 Å². The number of hydrogen-bond donors (Lipinski definition) is 5. The molecule has 0 unspecified atom stereocenters. The van der Waals surface area contributed by atoms with Crippen molar-refractivity contribution in [1.82, 2.24) is 0 Å². The van der Waals surface area contributed by atoms with Crippen molar-refractivity contribution < 1.29 is 15.3 Å². The lowest BCUT2D eigenvalue weighted by Gasteiger charge is -2.03. The largest absolute Gasteiger partial charge is 0.504 e. The first-order chi connectivity index (χ1) is 10.0. The third-order valence-corrected chi connectivity index (χ3v) is 2.96. The molecule has 3 aromatic rings. The second-order valence-electron chi connectivity index (χ2n) is 4.44. The first-order valence-electron chi connectivity index (χ1n) is 6.23. The molecule has 3 rings (SSSR count). The molecule has 0 aliphatic carbocycles. The average molecular weight is 284 g/mol. The van der Waals surface area contributed by atoms with Crippen LogP contribution in [0.1, 0.15) is 0 Å². The molecule has 3 aromatic carbocycles. The summed E-state index contributed by atoms with van der Waals surface area (Å²) in [6, 6.07) is 15.6. The maximum Gasteiger partial charge on any atom is 0.200 e. The van der Waals surface area contributed by atoms with Crippen LogP contribution in [-0.2, 0) is 0 Å². The number of rotatable bonds is 0. The van der Waals surface area contributed by atoms with Crippen LogP contribution in [0.3, 0.4) is 0 Å². The Hall–Kier alpha value is -3.08. The summed E-state index contributed by atoms with van der Waals surface area (Å²) in [6.07, 6.45) is 0. The van der Waals surface area contributed by atoms with E-state index in [0.717, 1.165) is 22.1 Å². The summed E-state index contributed by atoms with van der Waals surface area (Å²) in [5.41, 5.74) is 13.0. The van der Waals surface area contributed by atoms with Crippen LogP contribution < -0.4 is 11.5 Å². The van der Waals surface area contributed by atoms with Gasteiger partial charge >= 0.3 is 0 Å². The van der Waals surface area contributed by atoms with Gasteiger partial charge in [0.25, 0.3) is 0 Å². The van der Waals surface area contributed by atoms with Gasteiger partial charge in [-0.25, -0.2) is 0 Å². The van der Waals surface area contributed by atoms with Crippen LogP contribution in [0.4, 0.5) is 11.4 Å². The summed E-state index contributed by atoms with van der Waals surface area (Å²) in [6.45, 7) is 0. The van der Waals surface area contributed by atoms with Gasteiger partial charge in [0.2, 0.25) is 0 Å². The molecule has 0 spiro atoms. The Bertz CT molecular complexity index is 716. The molecule has 21 heavy (non-hydrogen) atoms. The van der Waals surface area contributed by atoms with Gasteiger partial charge in [-0.3, -0.25) is 0 Å². The molecular formula is C16H16N2O3. The molecule has 0 aliphatic rings. The SMILES string of the molecule is Nc1cccc2cccc(N)c12.Oc1cccc(O)c1O. The lowest BCUT2D eigenvalue weighted by atomic mass is 10.1. The van der Waals surface area contributed by atoms with E-state index in [1.807, 2.05) is 36.4 Å². The third-order valence-electron chi connectivity index (χ3n) is 2.96. The first-order valence-corrected chi connectivity index (χ1v) is 6.23. The molecular weight excluding hydrogens is 268 g/mol. The Morgan fingerprint density at radius 3 is 1.43 bits per heavy atom. The summed E-state index contributed by atoms with van der Waals surface area (Å²) < 4.78 is 0. The number of nitrogen functional groups attached to an aromatic ring is 2. The highest BCUT2D eigenvalue weighted by atomic mass is 16.3. The van der Waals surface area contributed by atoms with E-state index in [-0.39, 0.29) is 11.5 Å². The minimum absolute atomic E-state index is 0.310. The Morgan fingerprint density at radius 2 is 1.05 bits per heavy atom. The minimum Gasteiger partial charge on any atom is -0.504 e. The predicted octanol–water partition coefficient (Wildman–Crippen LogP) is 2.81. The van der Waals surface area contributed by atoms with Crippen LogP contribution in [0.15, 0.2) is 54.6 Å². The maximum absolute atomic E-state index is 8.71. The van der Waals surface area contributed by atoms with Gasteiger partial charge in [0.1, 0.15) is 0 Å². The Balaban J connectivity index is 0.000000161. The molecule has 0 aromatic heterocycles. The average Bonchev–Trinajstić information content (AvgIpc) is 2.46. The number of benzene rings is 3. The number of aromatic hydroxyl groups is 3. The zero-order chi connectivity index (χ0) is 15.4. The van der Waals surface area contributed by atoms with Crippen LogP contribution in [0.2, 0.25) is 0 Å². The minimum atomic E-state index is -0.475. The highest BCUT2D eigenvalue weighted by molar-refractivity contribution is 6.01. The molecule has 7 N–H and O–H groups in total. The van der Waals surface area contributed by atoms with E-state index in [2.05, 4.69) is 0 Å². The zero-order valence-corrected chi connectivity index (χ0v) is 11.2. The lowest BCUT2D eigenvalue weighted by Crippen LogP contribution is -1.91. The first kappa shape index (κ1) is 14.3. The fourth-order valence-electron chi connectivity index (χ4n) is 1.92. The van der Waals surface area contributed by atoms with E-state index in [4.69, 9.17) is 26.8 Å². The van der Waals surface area contributed by atoms with Gasteiger partial charge in [-0.2, -0.15) is 0 Å². The number of hydrogen-bond acceptors (Lipinski definition) is 5. The second kappa shape index (κ2) is 5.92. The van der Waals surface area contributed by atoms with E-state index in [9.17, 15) is 0 Å². The normalized spacial score (nSPS) is 9.90. The number of phenolic OH excluding ortho intramolecular Hbond substituents is 3. The summed E-state index contributed by atoms with van der Waals surface area (Å²) in [5, 5.41) is 28.1. The van der Waals surface area contributed by atoms with Gasteiger partial charge in [0.05, 0.1) is 0 Å². The number of fused-ring (bicyclic) bond motifs is 1. The van der Waals surface area contributed by atoms with Gasteiger partial charge in [0, 0.05) is 16.8 Å².